The van der Waals surface area contributed by atoms with E-state index in [0.717, 1.165) is 0 Å². The van der Waals surface area contributed by atoms with Crippen molar-refractivity contribution in [1.29, 1.82) is 0 Å². The first-order valence-corrected chi connectivity index (χ1v) is 15.9. The Balaban J connectivity index is 0.000000503. The van der Waals surface area contributed by atoms with Gasteiger partial charge >= 0.3 is 92.4 Å². The van der Waals surface area contributed by atoms with Gasteiger partial charge in [0.1, 0.15) is 12.4 Å². The Kier molecular flexibility index (Phi) is 16.0. The van der Waals surface area contributed by atoms with Gasteiger partial charge in [-0.25, -0.2) is 0 Å². The van der Waals surface area contributed by atoms with Gasteiger partial charge in [0, 0.05) is 12.1 Å². The fourth-order valence-corrected chi connectivity index (χ4v) is 11.9. The fraction of sp³-hybridized carbons (Fsp3) is 0.650. The van der Waals surface area contributed by atoms with E-state index >= 15 is 0 Å². The molecule has 1 rings (SSSR count). The first-order chi connectivity index (χ1) is 12.9. The molecule has 0 aliphatic heterocycles. The predicted molar refractivity (Wildman–Crippen MR) is 108 cm³/mol. The third kappa shape index (κ3) is 14.4. The van der Waals surface area contributed by atoms with Crippen LogP contribution in [0.3, 0.4) is 0 Å². The van der Waals surface area contributed by atoms with Gasteiger partial charge in [-0.3, -0.25) is 10.1 Å². The Labute approximate surface area is 170 Å². The molecule has 0 aliphatic rings. The molecule has 0 radical (unpaired) electrons. The molecule has 0 heterocycles. The largest absolute Gasteiger partial charge is 0.546 e. The van der Waals surface area contributed by atoms with E-state index in [4.69, 9.17) is 4.74 Å². The molecule has 1 aromatic carbocycles. The second-order valence-corrected chi connectivity index (χ2v) is 15.0. The summed E-state index contributed by atoms with van der Waals surface area (Å²) in [7, 11) is 0. The first-order valence-electron chi connectivity index (χ1n) is 9.85. The van der Waals surface area contributed by atoms with E-state index < -0.39 is 37.3 Å². The van der Waals surface area contributed by atoms with E-state index in [2.05, 4.69) is 20.8 Å². The zero-order valence-corrected chi connectivity index (χ0v) is 19.7. The van der Waals surface area contributed by atoms with Crippen LogP contribution in [0.4, 0.5) is 5.69 Å². The van der Waals surface area contributed by atoms with Crippen LogP contribution < -0.4 is 9.84 Å². The minimum absolute atomic E-state index is 0.0780. The van der Waals surface area contributed by atoms with Crippen LogP contribution in [0.25, 0.3) is 0 Å². The summed E-state index contributed by atoms with van der Waals surface area (Å²) in [6.45, 7) is 6.43. The van der Waals surface area contributed by atoms with Crippen LogP contribution in [-0.2, 0) is 4.79 Å². The number of benzene rings is 1. The molecule has 0 spiro atoms. The molecule has 27 heavy (non-hydrogen) atoms. The van der Waals surface area contributed by atoms with Gasteiger partial charge in [0.25, 0.3) is 5.69 Å². The second-order valence-electron chi connectivity index (χ2n) is 6.47. The van der Waals surface area contributed by atoms with Gasteiger partial charge in [-0.1, -0.05) is 0 Å². The number of carboxylic acid groups (broad SMARTS) is 1. The number of hydrogen-bond donors (Lipinski definition) is 0. The summed E-state index contributed by atoms with van der Waals surface area (Å²) in [5.41, 5.74) is -0.0780. The molecule has 7 heteroatoms. The van der Waals surface area contributed by atoms with Gasteiger partial charge in [0.15, 0.2) is 0 Å². The van der Waals surface area contributed by atoms with E-state index in [0.29, 0.717) is 0 Å². The SMILES string of the molecule is CCC[CH2][Sn+]([CH2]CCC)[CH2]CCC.O=C([O-])COc1ccc([N+](=O)[O-])cc1. The normalized spacial score (nSPS) is 9.89. The van der Waals surface area contributed by atoms with Gasteiger partial charge in [-0.15, -0.1) is 0 Å². The first kappa shape index (κ1) is 25.7. The number of ether oxygens (including phenoxy) is 1. The van der Waals surface area contributed by atoms with Crippen molar-refractivity contribution >= 4 is 31.4 Å². The quantitative estimate of drug-likeness (QED) is 0.231. The maximum absolute atomic E-state index is 10.2. The summed E-state index contributed by atoms with van der Waals surface area (Å²) in [4.78, 5) is 19.7. The molecule has 0 saturated heterocycles. The van der Waals surface area contributed by atoms with Crippen LogP contribution in [-0.4, -0.2) is 37.3 Å². The molecule has 6 nitrogen and oxygen atoms in total. The van der Waals surface area contributed by atoms with Crippen LogP contribution >= 0.6 is 0 Å². The molecule has 0 unspecified atom stereocenters. The number of rotatable bonds is 13. The molecule has 0 aliphatic carbocycles. The summed E-state index contributed by atoms with van der Waals surface area (Å²) < 4.78 is 9.76. The van der Waals surface area contributed by atoms with Crippen LogP contribution in [0.5, 0.6) is 5.75 Å². The molecule has 0 amide bonds. The fourth-order valence-electron chi connectivity index (χ4n) is 2.46. The monoisotopic (exact) mass is 487 g/mol. The van der Waals surface area contributed by atoms with Gasteiger partial charge in [-0.2, -0.15) is 0 Å². The van der Waals surface area contributed by atoms with E-state index in [-0.39, 0.29) is 11.4 Å². The Bertz CT molecular complexity index is 503. The molecule has 0 bridgehead atoms. The van der Waals surface area contributed by atoms with Crippen molar-refractivity contribution in [3.63, 3.8) is 0 Å². The molecule has 0 aromatic heterocycles. The topological polar surface area (TPSA) is 92.5 Å². The number of aliphatic carboxylic acids is 1. The minimum Gasteiger partial charge on any atom is -0.546 e. The maximum Gasteiger partial charge on any atom is 0.269 e. The second kappa shape index (κ2) is 16.8. The van der Waals surface area contributed by atoms with Crippen LogP contribution in [0.1, 0.15) is 59.3 Å². The van der Waals surface area contributed by atoms with E-state index in [1.54, 1.807) is 13.3 Å². The average Bonchev–Trinajstić information content (AvgIpc) is 2.66. The van der Waals surface area contributed by atoms with Crippen LogP contribution in [0.15, 0.2) is 24.3 Å². The Morgan fingerprint density at radius 3 is 1.74 bits per heavy atom. The number of carbonyl (C=O) groups is 1. The summed E-state index contributed by atoms with van der Waals surface area (Å²) in [5, 5.41) is 20.2. The number of unbranched alkanes of at least 4 members (excludes halogenated alkanes) is 3. The summed E-state index contributed by atoms with van der Waals surface area (Å²) in [6.07, 6.45) is 8.85. The summed E-state index contributed by atoms with van der Waals surface area (Å²) >= 11 is -0.839. The Hall–Kier alpha value is -1.31. The molecule has 0 saturated carbocycles. The number of non-ortho nitro benzene ring substituents is 1. The van der Waals surface area contributed by atoms with Gasteiger partial charge < -0.3 is 14.6 Å². The van der Waals surface area contributed by atoms with E-state index in [1.807, 2.05) is 0 Å². The van der Waals surface area contributed by atoms with Gasteiger partial charge in [-0.05, 0) is 12.1 Å². The molecule has 0 atom stereocenters. The third-order valence-corrected chi connectivity index (χ3v) is 13.1. The van der Waals surface area contributed by atoms with E-state index in [1.165, 1.54) is 62.8 Å². The van der Waals surface area contributed by atoms with Crippen molar-refractivity contribution in [2.45, 2.75) is 72.6 Å². The number of carboxylic acids is 1. The Morgan fingerprint density at radius 1 is 0.963 bits per heavy atom. The van der Waals surface area contributed by atoms with E-state index in [9.17, 15) is 20.0 Å². The third-order valence-electron chi connectivity index (χ3n) is 4.06. The van der Waals surface area contributed by atoms with Crippen molar-refractivity contribution in [3.05, 3.63) is 34.4 Å². The van der Waals surface area contributed by atoms with Crippen molar-refractivity contribution in [3.8, 4) is 5.75 Å². The number of nitrogens with zero attached hydrogens (tertiary/aromatic N) is 1. The van der Waals surface area contributed by atoms with Crippen molar-refractivity contribution < 1.29 is 19.6 Å². The predicted octanol–water partition coefficient (Wildman–Crippen LogP) is 4.61. The molecule has 0 fully saturated rings. The van der Waals surface area contributed by atoms with Crippen molar-refractivity contribution in [1.82, 2.24) is 0 Å². The summed E-state index contributed by atoms with van der Waals surface area (Å²) in [6, 6.07) is 5.09. The minimum atomic E-state index is -1.34. The Morgan fingerprint density at radius 2 is 1.41 bits per heavy atom. The van der Waals surface area contributed by atoms with Crippen molar-refractivity contribution in [2.75, 3.05) is 6.61 Å². The van der Waals surface area contributed by atoms with Gasteiger partial charge in [0.2, 0.25) is 0 Å². The summed E-state index contributed by atoms with van der Waals surface area (Å²) in [5.74, 6) is -1.09. The zero-order valence-electron chi connectivity index (χ0n) is 16.9. The molecular formula is C20H33NO5Sn. The zero-order chi connectivity index (χ0) is 20.5. The number of hydrogen-bond acceptors (Lipinski definition) is 5. The van der Waals surface area contributed by atoms with Crippen LogP contribution in [0.2, 0.25) is 13.3 Å². The number of nitro groups is 1. The average molecular weight is 486 g/mol. The molecule has 1 aromatic rings. The molecular weight excluding hydrogens is 453 g/mol. The van der Waals surface area contributed by atoms with Crippen molar-refractivity contribution in [2.24, 2.45) is 0 Å². The molecule has 152 valence electrons. The van der Waals surface area contributed by atoms with Crippen LogP contribution in [0, 0.1) is 10.1 Å². The molecule has 0 N–H and O–H groups in total. The smallest absolute Gasteiger partial charge is 0.269 e. The maximum atomic E-state index is 10.2. The standard InChI is InChI=1S/C8H7NO5.3C4H9.Sn/c10-8(11)5-14-7-3-1-6(2-4-7)9(12)13;3*1-3-4-2;/h1-4H,5H2,(H,10,11);3*1,3-4H2,2H3;/q;;;;+1/p-1. The number of nitro benzene ring substituents is 1. The number of carbonyl (C=O) groups excluding carboxylic acids is 1. The van der Waals surface area contributed by atoms with Gasteiger partial charge in [0.05, 0.1) is 10.9 Å².